The molecule has 1 aliphatic heterocycles. The summed E-state index contributed by atoms with van der Waals surface area (Å²) in [6.07, 6.45) is 0.222. The van der Waals surface area contributed by atoms with Crippen molar-refractivity contribution in [2.45, 2.75) is 19.6 Å². The number of hydrogen-bond acceptors (Lipinski definition) is 8. The minimum Gasteiger partial charge on any atom is -0.438 e. The molecule has 0 aliphatic carbocycles. The number of aryl methyl sites for hydroxylation is 1. The molecule has 2 aromatic carbocycles. The number of nitrogens with zero attached hydrogens (tertiary/aromatic N) is 6. The van der Waals surface area contributed by atoms with E-state index in [-0.39, 0.29) is 29.2 Å². The number of ether oxygens (including phenoxy) is 1. The molecular weight excluding hydrogens is 573 g/mol. The molecular formula is C31H29F3N8O2. The maximum atomic E-state index is 14.1. The van der Waals surface area contributed by atoms with Crippen LogP contribution in [0.1, 0.15) is 27.0 Å². The first-order valence-corrected chi connectivity index (χ1v) is 14.0. The highest BCUT2D eigenvalue weighted by molar-refractivity contribution is 6.04. The van der Waals surface area contributed by atoms with Gasteiger partial charge in [-0.05, 0) is 61.5 Å². The molecule has 4 heterocycles. The Morgan fingerprint density at radius 2 is 1.80 bits per heavy atom. The third-order valence-corrected chi connectivity index (χ3v) is 7.53. The number of nitrogens with one attached hydrogen (secondary N) is 2. The lowest BCUT2D eigenvalue weighted by atomic mass is 10.0. The van der Waals surface area contributed by atoms with Crippen molar-refractivity contribution in [1.29, 1.82) is 0 Å². The van der Waals surface area contributed by atoms with E-state index in [1.54, 1.807) is 42.9 Å². The molecule has 0 radical (unpaired) electrons. The van der Waals surface area contributed by atoms with Gasteiger partial charge in [-0.3, -0.25) is 19.8 Å². The number of hydrogen-bond donors (Lipinski definition) is 2. The van der Waals surface area contributed by atoms with Crippen LogP contribution in [0.25, 0.3) is 22.4 Å². The number of aromatic nitrogens is 5. The highest BCUT2D eigenvalue weighted by Gasteiger charge is 2.34. The van der Waals surface area contributed by atoms with Gasteiger partial charge in [-0.15, -0.1) is 0 Å². The lowest BCUT2D eigenvalue weighted by Crippen LogP contribution is -2.44. The summed E-state index contributed by atoms with van der Waals surface area (Å²) in [5, 5.41) is 10.0. The Morgan fingerprint density at radius 1 is 1.02 bits per heavy atom. The SMILES string of the molecule is Cc1ccc(C(=O)Nc2ccc(CN3CCN(C)CC3)c(C(F)(F)F)c2)cc1Oc1nc(-c2ccncc2)nc2[nH]ncc12. The van der Waals surface area contributed by atoms with E-state index in [4.69, 9.17) is 4.74 Å². The van der Waals surface area contributed by atoms with Gasteiger partial charge < -0.3 is 15.0 Å². The Labute approximate surface area is 250 Å². The van der Waals surface area contributed by atoms with Crippen LogP contribution >= 0.6 is 0 Å². The Bertz CT molecular complexity index is 1800. The molecule has 13 heteroatoms. The standard InChI is InChI=1S/C31H29F3N8O2/c1-19-3-4-21(15-26(19)44-30-24-17-36-40-28(24)38-27(39-30)20-7-9-35-10-8-20)29(43)37-23-6-5-22(25(16-23)31(32,33)34)18-42-13-11-41(2)12-14-42/h3-10,15-17H,11-14,18H2,1-2H3,(H,37,43)(H,36,38,39,40). The first-order valence-electron chi connectivity index (χ1n) is 14.0. The predicted molar refractivity (Wildman–Crippen MR) is 158 cm³/mol. The van der Waals surface area contributed by atoms with Crippen LogP contribution in [0.5, 0.6) is 11.6 Å². The molecule has 0 spiro atoms. The van der Waals surface area contributed by atoms with E-state index in [1.807, 2.05) is 18.9 Å². The number of halogens is 3. The molecule has 1 aliphatic rings. The van der Waals surface area contributed by atoms with Crippen molar-refractivity contribution in [3.8, 4) is 23.0 Å². The number of amides is 1. The summed E-state index contributed by atoms with van der Waals surface area (Å²) in [7, 11) is 1.99. The molecule has 44 heavy (non-hydrogen) atoms. The predicted octanol–water partition coefficient (Wildman–Crippen LogP) is 5.53. The lowest BCUT2D eigenvalue weighted by Gasteiger charge is -2.33. The Balaban J connectivity index is 1.24. The number of carbonyl (C=O) groups excluding carboxylic acids is 1. The number of aromatic amines is 1. The van der Waals surface area contributed by atoms with Gasteiger partial charge in [-0.1, -0.05) is 12.1 Å². The average Bonchev–Trinajstić information content (AvgIpc) is 3.49. The van der Waals surface area contributed by atoms with E-state index in [1.165, 1.54) is 18.2 Å². The topological polar surface area (TPSA) is 112 Å². The summed E-state index contributed by atoms with van der Waals surface area (Å²) in [6.45, 7) is 4.98. The number of alkyl halides is 3. The van der Waals surface area contributed by atoms with Crippen LogP contribution in [0, 0.1) is 6.92 Å². The fourth-order valence-corrected chi connectivity index (χ4v) is 4.98. The number of H-pyrrole nitrogens is 1. The summed E-state index contributed by atoms with van der Waals surface area (Å²) in [5.41, 5.74) is 1.56. The highest BCUT2D eigenvalue weighted by atomic mass is 19.4. The monoisotopic (exact) mass is 602 g/mol. The highest BCUT2D eigenvalue weighted by Crippen LogP contribution is 2.35. The van der Waals surface area contributed by atoms with Crippen LogP contribution in [-0.2, 0) is 12.7 Å². The van der Waals surface area contributed by atoms with Crippen LogP contribution in [0.15, 0.2) is 67.1 Å². The number of fused-ring (bicyclic) bond motifs is 1. The van der Waals surface area contributed by atoms with Gasteiger partial charge in [0.1, 0.15) is 11.1 Å². The Morgan fingerprint density at radius 3 is 2.55 bits per heavy atom. The average molecular weight is 603 g/mol. The molecule has 3 aromatic heterocycles. The van der Waals surface area contributed by atoms with Gasteiger partial charge in [0, 0.05) is 61.9 Å². The third-order valence-electron chi connectivity index (χ3n) is 7.53. The summed E-state index contributed by atoms with van der Waals surface area (Å²) < 4.78 is 48.4. The quantitative estimate of drug-likeness (QED) is 0.250. The second kappa shape index (κ2) is 12.0. The van der Waals surface area contributed by atoms with E-state index in [0.717, 1.165) is 30.3 Å². The molecule has 2 N–H and O–H groups in total. The van der Waals surface area contributed by atoms with Gasteiger partial charge in [0.05, 0.1) is 11.8 Å². The van der Waals surface area contributed by atoms with Crippen molar-refractivity contribution in [3.05, 3.63) is 89.4 Å². The van der Waals surface area contributed by atoms with Gasteiger partial charge in [0.25, 0.3) is 5.91 Å². The van der Waals surface area contributed by atoms with Crippen LogP contribution in [-0.4, -0.2) is 74.1 Å². The van der Waals surface area contributed by atoms with Gasteiger partial charge >= 0.3 is 6.18 Å². The van der Waals surface area contributed by atoms with Gasteiger partial charge in [-0.25, -0.2) is 4.98 Å². The third kappa shape index (κ3) is 6.38. The first-order chi connectivity index (χ1) is 21.1. The second-order valence-corrected chi connectivity index (χ2v) is 10.7. The van der Waals surface area contributed by atoms with E-state index in [9.17, 15) is 18.0 Å². The summed E-state index contributed by atoms with van der Waals surface area (Å²) in [6, 6.07) is 12.3. The van der Waals surface area contributed by atoms with Crippen molar-refractivity contribution in [3.63, 3.8) is 0 Å². The lowest BCUT2D eigenvalue weighted by molar-refractivity contribution is -0.138. The largest absolute Gasteiger partial charge is 0.438 e. The fourth-order valence-electron chi connectivity index (χ4n) is 4.98. The molecule has 6 rings (SSSR count). The molecule has 1 amide bonds. The second-order valence-electron chi connectivity index (χ2n) is 10.7. The zero-order chi connectivity index (χ0) is 30.8. The van der Waals surface area contributed by atoms with E-state index in [0.29, 0.717) is 35.7 Å². The van der Waals surface area contributed by atoms with Gasteiger partial charge in [0.2, 0.25) is 5.88 Å². The smallest absolute Gasteiger partial charge is 0.416 e. The number of carbonyl (C=O) groups is 1. The number of pyridine rings is 1. The summed E-state index contributed by atoms with van der Waals surface area (Å²) in [5.74, 6) is 0.380. The van der Waals surface area contributed by atoms with Crippen molar-refractivity contribution in [1.82, 2.24) is 34.9 Å². The zero-order valence-corrected chi connectivity index (χ0v) is 24.0. The molecule has 10 nitrogen and oxygen atoms in total. The Kier molecular flexibility index (Phi) is 7.97. The number of rotatable bonds is 7. The Hall–Kier alpha value is -4.88. The molecule has 1 fully saturated rings. The van der Waals surface area contributed by atoms with E-state index < -0.39 is 17.6 Å². The zero-order valence-electron chi connectivity index (χ0n) is 24.0. The summed E-state index contributed by atoms with van der Waals surface area (Å²) >= 11 is 0. The molecule has 226 valence electrons. The van der Waals surface area contributed by atoms with E-state index >= 15 is 0 Å². The number of anilines is 1. The maximum Gasteiger partial charge on any atom is 0.416 e. The van der Waals surface area contributed by atoms with Crippen molar-refractivity contribution in [2.24, 2.45) is 0 Å². The van der Waals surface area contributed by atoms with Crippen molar-refractivity contribution in [2.75, 3.05) is 38.5 Å². The van der Waals surface area contributed by atoms with Crippen LogP contribution in [0.4, 0.5) is 18.9 Å². The minimum absolute atomic E-state index is 0.0467. The van der Waals surface area contributed by atoms with Gasteiger partial charge in [-0.2, -0.15) is 23.3 Å². The maximum absolute atomic E-state index is 14.1. The molecule has 5 aromatic rings. The van der Waals surface area contributed by atoms with Crippen LogP contribution in [0.3, 0.4) is 0 Å². The molecule has 0 bridgehead atoms. The number of likely N-dealkylation sites (N-methyl/N-ethyl adjacent to an activating group) is 1. The van der Waals surface area contributed by atoms with Crippen molar-refractivity contribution >= 4 is 22.6 Å². The number of piperazine rings is 1. The fraction of sp³-hybridized carbons (Fsp3) is 0.258. The van der Waals surface area contributed by atoms with Crippen molar-refractivity contribution < 1.29 is 22.7 Å². The minimum atomic E-state index is -4.57. The van der Waals surface area contributed by atoms with Crippen LogP contribution < -0.4 is 10.1 Å². The molecule has 0 saturated carbocycles. The van der Waals surface area contributed by atoms with Gasteiger partial charge in [0.15, 0.2) is 11.5 Å². The molecule has 0 unspecified atom stereocenters. The normalized spacial score (nSPS) is 14.6. The van der Waals surface area contributed by atoms with Crippen LogP contribution in [0.2, 0.25) is 0 Å². The van der Waals surface area contributed by atoms with E-state index in [2.05, 4.69) is 35.4 Å². The molecule has 0 atom stereocenters. The summed E-state index contributed by atoms with van der Waals surface area (Å²) in [4.78, 5) is 30.5. The molecule has 1 saturated heterocycles. The first kappa shape index (κ1) is 29.2. The number of benzene rings is 2.